The standard InChI is InChI=1S/C29H24FN3O5/c1-28-12-13-29(38-28,14-15-37-27(36)32-19-9-7-18(30)8-10-19)24-23(28)25(34)33(26(24)35)22-11-6-17(16-31)20-4-2-3-5-21(20)22/h2-11,34-35H,12-15H2,1H3,(H,32,36)/t28-,29-/m0/s1. The van der Waals surface area contributed by atoms with Crippen LogP contribution in [0.3, 0.4) is 0 Å². The van der Waals surface area contributed by atoms with Crippen molar-refractivity contribution in [3.05, 3.63) is 83.2 Å². The Morgan fingerprint density at radius 2 is 1.79 bits per heavy atom. The van der Waals surface area contributed by atoms with Crippen LogP contribution < -0.4 is 5.32 Å². The van der Waals surface area contributed by atoms with E-state index < -0.39 is 23.1 Å². The molecule has 192 valence electrons. The number of nitrogens with one attached hydrogen (secondary N) is 1. The Kier molecular flexibility index (Phi) is 5.33. The van der Waals surface area contributed by atoms with Gasteiger partial charge >= 0.3 is 6.09 Å². The molecule has 2 aliphatic heterocycles. The lowest BCUT2D eigenvalue weighted by Crippen LogP contribution is -2.26. The second kappa shape index (κ2) is 8.50. The van der Waals surface area contributed by atoms with Gasteiger partial charge in [0.15, 0.2) is 0 Å². The predicted octanol–water partition coefficient (Wildman–Crippen LogP) is 5.93. The van der Waals surface area contributed by atoms with Crippen molar-refractivity contribution in [1.82, 2.24) is 4.57 Å². The van der Waals surface area contributed by atoms with Gasteiger partial charge in [-0.3, -0.25) is 9.88 Å². The van der Waals surface area contributed by atoms with Crippen LogP contribution in [-0.4, -0.2) is 27.5 Å². The molecule has 38 heavy (non-hydrogen) atoms. The summed E-state index contributed by atoms with van der Waals surface area (Å²) in [5, 5.41) is 36.4. The summed E-state index contributed by atoms with van der Waals surface area (Å²) in [5.74, 6) is -0.677. The third-order valence-electron chi connectivity index (χ3n) is 7.62. The number of halogens is 1. The number of rotatable bonds is 5. The molecule has 1 aromatic heterocycles. The topological polar surface area (TPSA) is 117 Å². The first-order valence-electron chi connectivity index (χ1n) is 12.3. The van der Waals surface area contributed by atoms with Gasteiger partial charge < -0.3 is 19.7 Å². The van der Waals surface area contributed by atoms with Crippen molar-refractivity contribution in [2.45, 2.75) is 37.4 Å². The van der Waals surface area contributed by atoms with Gasteiger partial charge in [0, 0.05) is 22.9 Å². The quantitative estimate of drug-likeness (QED) is 0.305. The summed E-state index contributed by atoms with van der Waals surface area (Å²) < 4.78 is 26.3. The van der Waals surface area contributed by atoms with Crippen molar-refractivity contribution < 1.29 is 28.9 Å². The number of aromatic nitrogens is 1. The van der Waals surface area contributed by atoms with E-state index in [0.717, 1.165) is 0 Å². The molecule has 1 saturated heterocycles. The second-order valence-electron chi connectivity index (χ2n) is 9.87. The number of aromatic hydroxyl groups is 2. The van der Waals surface area contributed by atoms with E-state index in [1.807, 2.05) is 31.2 Å². The lowest BCUT2D eigenvalue weighted by atomic mass is 9.78. The Balaban J connectivity index is 1.32. The predicted molar refractivity (Wildman–Crippen MR) is 137 cm³/mol. The lowest BCUT2D eigenvalue weighted by molar-refractivity contribution is -0.0888. The minimum Gasteiger partial charge on any atom is -0.494 e. The monoisotopic (exact) mass is 513 g/mol. The van der Waals surface area contributed by atoms with Crippen LogP contribution in [0, 0.1) is 17.1 Å². The second-order valence-corrected chi connectivity index (χ2v) is 9.87. The van der Waals surface area contributed by atoms with Crippen LogP contribution in [0.1, 0.15) is 42.9 Å². The summed E-state index contributed by atoms with van der Waals surface area (Å²) in [6.45, 7) is 1.87. The number of hydrogen-bond donors (Lipinski definition) is 3. The number of fused-ring (bicyclic) bond motifs is 6. The molecule has 1 fully saturated rings. The van der Waals surface area contributed by atoms with E-state index >= 15 is 0 Å². The molecule has 0 aliphatic carbocycles. The maximum Gasteiger partial charge on any atom is 0.411 e. The lowest BCUT2D eigenvalue weighted by Gasteiger charge is -2.26. The first-order chi connectivity index (χ1) is 18.3. The molecule has 8 nitrogen and oxygen atoms in total. The molecule has 1 amide bonds. The summed E-state index contributed by atoms with van der Waals surface area (Å²) in [7, 11) is 0. The van der Waals surface area contributed by atoms with Gasteiger partial charge in [-0.2, -0.15) is 5.26 Å². The number of nitriles is 1. The summed E-state index contributed by atoms with van der Waals surface area (Å²) >= 11 is 0. The van der Waals surface area contributed by atoms with Crippen LogP contribution in [0.4, 0.5) is 14.9 Å². The highest BCUT2D eigenvalue weighted by atomic mass is 19.1. The Morgan fingerprint density at radius 1 is 1.08 bits per heavy atom. The average Bonchev–Trinajstić information content (AvgIpc) is 3.49. The summed E-state index contributed by atoms with van der Waals surface area (Å²) in [4.78, 5) is 12.3. The number of anilines is 1. The third-order valence-corrected chi connectivity index (χ3v) is 7.62. The molecule has 0 unspecified atom stereocenters. The zero-order valence-corrected chi connectivity index (χ0v) is 20.5. The third kappa shape index (κ3) is 3.49. The van der Waals surface area contributed by atoms with Gasteiger partial charge in [0.25, 0.3) is 0 Å². The Bertz CT molecular complexity index is 1640. The van der Waals surface area contributed by atoms with Gasteiger partial charge in [-0.1, -0.05) is 24.3 Å². The molecule has 0 radical (unpaired) electrons. The normalized spacial score (nSPS) is 21.3. The number of benzene rings is 3. The van der Waals surface area contributed by atoms with Crippen LogP contribution >= 0.6 is 0 Å². The Hall–Kier alpha value is -4.55. The minimum absolute atomic E-state index is 0.00622. The molecule has 2 bridgehead atoms. The van der Waals surface area contributed by atoms with Gasteiger partial charge in [-0.05, 0) is 56.2 Å². The van der Waals surface area contributed by atoms with Crippen LogP contribution in [0.5, 0.6) is 11.8 Å². The number of hydrogen-bond acceptors (Lipinski definition) is 6. The van der Waals surface area contributed by atoms with E-state index in [-0.39, 0.29) is 24.8 Å². The minimum atomic E-state index is -0.949. The first kappa shape index (κ1) is 23.8. The highest BCUT2D eigenvalue weighted by Gasteiger charge is 2.61. The van der Waals surface area contributed by atoms with Crippen LogP contribution in [0.2, 0.25) is 0 Å². The molecular formula is C29H24FN3O5. The van der Waals surface area contributed by atoms with Gasteiger partial charge in [0.05, 0.1) is 40.7 Å². The zero-order chi connectivity index (χ0) is 26.7. The van der Waals surface area contributed by atoms with Crippen molar-refractivity contribution in [3.8, 4) is 23.5 Å². The fourth-order valence-electron chi connectivity index (χ4n) is 5.91. The molecule has 0 saturated carbocycles. The number of carbonyl (C=O) groups excluding carboxylic acids is 1. The van der Waals surface area contributed by atoms with Gasteiger partial charge in [0.2, 0.25) is 11.8 Å². The highest BCUT2D eigenvalue weighted by molar-refractivity contribution is 5.95. The molecule has 3 heterocycles. The summed E-state index contributed by atoms with van der Waals surface area (Å²) in [6, 6.07) is 18.2. The molecular weight excluding hydrogens is 489 g/mol. The molecule has 0 spiro atoms. The fraction of sp³-hybridized carbons (Fsp3) is 0.241. The summed E-state index contributed by atoms with van der Waals surface area (Å²) in [5.41, 5.74) is 0.668. The number of carbonyl (C=O) groups is 1. The smallest absolute Gasteiger partial charge is 0.411 e. The van der Waals surface area contributed by atoms with E-state index in [1.54, 1.807) is 12.1 Å². The van der Waals surface area contributed by atoms with E-state index in [0.29, 0.717) is 51.7 Å². The van der Waals surface area contributed by atoms with Crippen molar-refractivity contribution in [3.63, 3.8) is 0 Å². The van der Waals surface area contributed by atoms with Crippen LogP contribution in [0.25, 0.3) is 16.5 Å². The van der Waals surface area contributed by atoms with Gasteiger partial charge in [0.1, 0.15) is 11.4 Å². The van der Waals surface area contributed by atoms with Crippen LogP contribution in [-0.2, 0) is 20.7 Å². The largest absolute Gasteiger partial charge is 0.494 e. The van der Waals surface area contributed by atoms with Gasteiger partial charge in [-0.15, -0.1) is 0 Å². The summed E-state index contributed by atoms with van der Waals surface area (Å²) in [6.07, 6.45) is 0.760. The van der Waals surface area contributed by atoms with E-state index in [2.05, 4.69) is 11.4 Å². The Labute approximate surface area is 217 Å². The van der Waals surface area contributed by atoms with Crippen molar-refractivity contribution >= 4 is 22.6 Å². The first-order valence-corrected chi connectivity index (χ1v) is 12.3. The molecule has 4 aromatic rings. The average molecular weight is 514 g/mol. The van der Waals surface area contributed by atoms with Crippen molar-refractivity contribution in [2.24, 2.45) is 0 Å². The molecule has 2 aliphatic rings. The zero-order valence-electron chi connectivity index (χ0n) is 20.5. The van der Waals surface area contributed by atoms with E-state index in [9.17, 15) is 24.7 Å². The van der Waals surface area contributed by atoms with E-state index in [4.69, 9.17) is 9.47 Å². The van der Waals surface area contributed by atoms with Crippen molar-refractivity contribution in [2.75, 3.05) is 11.9 Å². The van der Waals surface area contributed by atoms with E-state index in [1.165, 1.54) is 28.8 Å². The van der Waals surface area contributed by atoms with Crippen LogP contribution in [0.15, 0.2) is 60.7 Å². The molecule has 3 N–H and O–H groups in total. The maximum absolute atomic E-state index is 13.1. The SMILES string of the molecule is C[C@@]12CC[C@@](CCOC(=O)Nc3ccc(F)cc3)(O1)c1c2c(O)n(-c2ccc(C#N)c3ccccc23)c1O. The van der Waals surface area contributed by atoms with Gasteiger partial charge in [-0.25, -0.2) is 9.18 Å². The Morgan fingerprint density at radius 3 is 2.53 bits per heavy atom. The molecule has 6 rings (SSSR count). The maximum atomic E-state index is 13.1. The number of amides is 1. The molecule has 9 heteroatoms. The number of nitrogens with zero attached hydrogens (tertiary/aromatic N) is 2. The van der Waals surface area contributed by atoms with Crippen molar-refractivity contribution in [1.29, 1.82) is 5.26 Å². The fourth-order valence-corrected chi connectivity index (χ4v) is 5.91. The molecule has 3 aromatic carbocycles. The molecule has 2 atom stereocenters. The number of ether oxygens (including phenoxy) is 2. The highest BCUT2D eigenvalue weighted by Crippen LogP contribution is 2.65.